The fourth-order valence-electron chi connectivity index (χ4n) is 1.84. The summed E-state index contributed by atoms with van der Waals surface area (Å²) in [7, 11) is 0. The fourth-order valence-corrected chi connectivity index (χ4v) is 3.10. The van der Waals surface area contributed by atoms with Gasteiger partial charge in [-0.3, -0.25) is 4.79 Å². The van der Waals surface area contributed by atoms with Crippen molar-refractivity contribution in [3.05, 3.63) is 28.2 Å². The topological polar surface area (TPSA) is 48.0 Å². The molecule has 1 unspecified atom stereocenters. The Morgan fingerprint density at radius 3 is 3.13 bits per heavy atom. The van der Waals surface area contributed by atoms with E-state index in [0.717, 1.165) is 12.1 Å². The van der Waals surface area contributed by atoms with Gasteiger partial charge in [0.15, 0.2) is 0 Å². The minimum atomic E-state index is 0.0641. The first-order valence-electron chi connectivity index (χ1n) is 5.25. The van der Waals surface area contributed by atoms with Gasteiger partial charge in [0.25, 0.3) is 5.56 Å². The summed E-state index contributed by atoms with van der Waals surface area (Å²) in [5.41, 5.74) is 7.44. The molecule has 1 atom stereocenters. The van der Waals surface area contributed by atoms with Crippen molar-refractivity contribution >= 4 is 17.4 Å². The Morgan fingerprint density at radius 1 is 1.67 bits per heavy atom. The van der Waals surface area contributed by atoms with Gasteiger partial charge in [0.05, 0.1) is 5.69 Å². The van der Waals surface area contributed by atoms with E-state index in [1.807, 2.05) is 18.7 Å². The van der Waals surface area contributed by atoms with Crippen LogP contribution in [0.5, 0.6) is 0 Å². The summed E-state index contributed by atoms with van der Waals surface area (Å²) >= 11 is 1.96. The van der Waals surface area contributed by atoms with Gasteiger partial charge >= 0.3 is 0 Å². The maximum Gasteiger partial charge on any atom is 0.250 e. The van der Waals surface area contributed by atoms with Gasteiger partial charge in [-0.1, -0.05) is 0 Å². The lowest BCUT2D eigenvalue weighted by molar-refractivity contribution is 0.620. The largest absolute Gasteiger partial charge is 0.397 e. The number of nitrogen functional groups attached to an aromatic ring is 1. The smallest absolute Gasteiger partial charge is 0.250 e. The van der Waals surface area contributed by atoms with Crippen LogP contribution < -0.4 is 11.3 Å². The molecule has 0 bridgehead atoms. The zero-order valence-corrected chi connectivity index (χ0v) is 9.72. The first kappa shape index (κ1) is 10.6. The van der Waals surface area contributed by atoms with Crippen LogP contribution in [0.1, 0.15) is 18.4 Å². The van der Waals surface area contributed by atoms with Gasteiger partial charge in [-0.05, 0) is 31.1 Å². The van der Waals surface area contributed by atoms with Gasteiger partial charge < -0.3 is 10.3 Å². The highest BCUT2D eigenvalue weighted by molar-refractivity contribution is 8.00. The minimum absolute atomic E-state index is 0.0641. The molecule has 1 fully saturated rings. The molecule has 4 heteroatoms. The quantitative estimate of drug-likeness (QED) is 0.830. The Hall–Kier alpha value is -0.900. The molecule has 82 valence electrons. The van der Waals surface area contributed by atoms with Gasteiger partial charge in [-0.15, -0.1) is 0 Å². The number of nitrogens with two attached hydrogens (primary N) is 1. The van der Waals surface area contributed by atoms with Crippen molar-refractivity contribution in [1.29, 1.82) is 0 Å². The van der Waals surface area contributed by atoms with Crippen molar-refractivity contribution < 1.29 is 0 Å². The number of hydrogen-bond donors (Lipinski definition) is 1. The monoisotopic (exact) mass is 224 g/mol. The molecule has 1 saturated heterocycles. The average Bonchev–Trinajstić information content (AvgIpc) is 2.67. The fraction of sp³-hybridized carbons (Fsp3) is 0.545. The summed E-state index contributed by atoms with van der Waals surface area (Å²) in [6, 6.07) is 1.62. The normalized spacial score (nSPS) is 20.7. The molecule has 1 aromatic heterocycles. The van der Waals surface area contributed by atoms with Crippen molar-refractivity contribution in [3.8, 4) is 0 Å². The van der Waals surface area contributed by atoms with E-state index in [1.165, 1.54) is 18.6 Å². The van der Waals surface area contributed by atoms with Crippen LogP contribution in [0.25, 0.3) is 0 Å². The zero-order chi connectivity index (χ0) is 10.8. The molecule has 0 spiro atoms. The summed E-state index contributed by atoms with van der Waals surface area (Å²) in [4.78, 5) is 11.7. The SMILES string of the molecule is Cc1cc(=O)n(CC2CCCS2)cc1N. The Bertz CT molecular complexity index is 408. The second kappa shape index (κ2) is 4.31. The lowest BCUT2D eigenvalue weighted by Gasteiger charge is -2.12. The van der Waals surface area contributed by atoms with Crippen LogP contribution in [0, 0.1) is 6.92 Å². The summed E-state index contributed by atoms with van der Waals surface area (Å²) in [6.07, 6.45) is 4.26. The molecule has 1 aliphatic rings. The van der Waals surface area contributed by atoms with E-state index in [4.69, 9.17) is 5.73 Å². The Balaban J connectivity index is 2.20. The molecule has 1 aromatic rings. The third-order valence-electron chi connectivity index (χ3n) is 2.80. The minimum Gasteiger partial charge on any atom is -0.397 e. The van der Waals surface area contributed by atoms with Gasteiger partial charge in [-0.2, -0.15) is 11.8 Å². The molecule has 3 nitrogen and oxygen atoms in total. The maximum atomic E-state index is 11.7. The van der Waals surface area contributed by atoms with Crippen LogP contribution in [0.15, 0.2) is 17.1 Å². The van der Waals surface area contributed by atoms with Crippen LogP contribution in [0.2, 0.25) is 0 Å². The molecule has 0 radical (unpaired) electrons. The average molecular weight is 224 g/mol. The lowest BCUT2D eigenvalue weighted by atomic mass is 10.2. The van der Waals surface area contributed by atoms with E-state index in [1.54, 1.807) is 16.8 Å². The molecular weight excluding hydrogens is 208 g/mol. The summed E-state index contributed by atoms with van der Waals surface area (Å²) in [5.74, 6) is 1.22. The zero-order valence-electron chi connectivity index (χ0n) is 8.90. The molecule has 0 amide bonds. The Kier molecular flexibility index (Phi) is 3.05. The first-order chi connectivity index (χ1) is 7.16. The van der Waals surface area contributed by atoms with E-state index >= 15 is 0 Å². The number of pyridine rings is 1. The highest BCUT2D eigenvalue weighted by Crippen LogP contribution is 2.27. The molecule has 0 aromatic carbocycles. The van der Waals surface area contributed by atoms with E-state index in [-0.39, 0.29) is 5.56 Å². The molecule has 0 saturated carbocycles. The number of aromatic nitrogens is 1. The van der Waals surface area contributed by atoms with Crippen molar-refractivity contribution in [1.82, 2.24) is 4.57 Å². The first-order valence-corrected chi connectivity index (χ1v) is 6.30. The highest BCUT2D eigenvalue weighted by atomic mass is 32.2. The number of anilines is 1. The Morgan fingerprint density at radius 2 is 2.47 bits per heavy atom. The van der Waals surface area contributed by atoms with Crippen LogP contribution in [-0.2, 0) is 6.54 Å². The molecule has 2 heterocycles. The summed E-state index contributed by atoms with van der Waals surface area (Å²) in [6.45, 7) is 2.67. The molecule has 2 rings (SSSR count). The van der Waals surface area contributed by atoms with E-state index in [2.05, 4.69) is 0 Å². The van der Waals surface area contributed by atoms with Crippen molar-refractivity contribution in [2.45, 2.75) is 31.6 Å². The second-order valence-electron chi connectivity index (χ2n) is 4.04. The van der Waals surface area contributed by atoms with E-state index in [9.17, 15) is 4.79 Å². The molecule has 1 aliphatic heterocycles. The number of hydrogen-bond acceptors (Lipinski definition) is 3. The molecule has 2 N–H and O–H groups in total. The summed E-state index contributed by atoms with van der Waals surface area (Å²) in [5, 5.41) is 0.588. The van der Waals surface area contributed by atoms with Crippen molar-refractivity contribution in [2.75, 3.05) is 11.5 Å². The van der Waals surface area contributed by atoms with Crippen LogP contribution in [-0.4, -0.2) is 15.6 Å². The van der Waals surface area contributed by atoms with Crippen LogP contribution in [0.3, 0.4) is 0 Å². The predicted molar refractivity (Wildman–Crippen MR) is 65.3 cm³/mol. The molecule has 15 heavy (non-hydrogen) atoms. The van der Waals surface area contributed by atoms with Gasteiger partial charge in [0.2, 0.25) is 0 Å². The van der Waals surface area contributed by atoms with E-state index < -0.39 is 0 Å². The van der Waals surface area contributed by atoms with Crippen molar-refractivity contribution in [2.24, 2.45) is 0 Å². The third-order valence-corrected chi connectivity index (χ3v) is 4.18. The molecule has 0 aliphatic carbocycles. The summed E-state index contributed by atoms with van der Waals surface area (Å²) < 4.78 is 1.74. The van der Waals surface area contributed by atoms with E-state index in [0.29, 0.717) is 10.9 Å². The predicted octanol–water partition coefficient (Wildman–Crippen LogP) is 1.63. The molecular formula is C11H16N2OS. The highest BCUT2D eigenvalue weighted by Gasteiger charge is 2.16. The van der Waals surface area contributed by atoms with Crippen LogP contribution in [0.4, 0.5) is 5.69 Å². The third kappa shape index (κ3) is 2.37. The number of aryl methyl sites for hydroxylation is 1. The standard InChI is InChI=1S/C11H16N2OS/c1-8-5-11(14)13(7-10(8)12)6-9-3-2-4-15-9/h5,7,9H,2-4,6,12H2,1H3. The number of nitrogens with zero attached hydrogens (tertiary/aromatic N) is 1. The van der Waals surface area contributed by atoms with Gasteiger partial charge in [0.1, 0.15) is 0 Å². The van der Waals surface area contributed by atoms with Crippen LogP contribution >= 0.6 is 11.8 Å². The number of rotatable bonds is 2. The lowest BCUT2D eigenvalue weighted by Crippen LogP contribution is -2.24. The Labute approximate surface area is 93.7 Å². The maximum absolute atomic E-state index is 11.7. The number of thioether (sulfide) groups is 1. The second-order valence-corrected chi connectivity index (χ2v) is 5.45. The van der Waals surface area contributed by atoms with Gasteiger partial charge in [0, 0.05) is 24.1 Å². The van der Waals surface area contributed by atoms with Gasteiger partial charge in [-0.25, -0.2) is 0 Å². The van der Waals surface area contributed by atoms with Crippen molar-refractivity contribution in [3.63, 3.8) is 0 Å².